The highest BCUT2D eigenvalue weighted by Crippen LogP contribution is 2.66. The molecular weight excluding hydrogens is 276 g/mol. The fraction of sp³-hybridized carbons (Fsp3) is 0.789. The van der Waals surface area contributed by atoms with Crippen LogP contribution in [0.15, 0.2) is 23.8 Å². The average Bonchev–Trinajstić information content (AvgIpc) is 2.91. The summed E-state index contributed by atoms with van der Waals surface area (Å²) >= 11 is 0. The van der Waals surface area contributed by atoms with Crippen LogP contribution in [0.5, 0.6) is 0 Å². The molecule has 4 rings (SSSR count). The summed E-state index contributed by atoms with van der Waals surface area (Å²) in [5, 5.41) is 30.2. The number of hydrogen-bond donors (Lipinski definition) is 3. The predicted octanol–water partition coefficient (Wildman–Crippen LogP) is 3.12. The topological polar surface area (TPSA) is 60.7 Å². The third-order valence-electron chi connectivity index (χ3n) is 7.59. The first kappa shape index (κ1) is 14.9. The summed E-state index contributed by atoms with van der Waals surface area (Å²) in [7, 11) is 0. The lowest BCUT2D eigenvalue weighted by molar-refractivity contribution is -0.392. The Balaban J connectivity index is 1.73. The van der Waals surface area contributed by atoms with E-state index in [1.54, 1.807) is 5.57 Å². The van der Waals surface area contributed by atoms with Crippen molar-refractivity contribution >= 4 is 0 Å². The Bertz CT molecular complexity index is 529. The molecule has 5 atom stereocenters. The molecule has 0 heterocycles. The summed E-state index contributed by atoms with van der Waals surface area (Å²) < 4.78 is 0. The van der Waals surface area contributed by atoms with Gasteiger partial charge in [-0.05, 0) is 62.7 Å². The van der Waals surface area contributed by atoms with Crippen molar-refractivity contribution in [1.82, 2.24) is 0 Å². The molecule has 122 valence electrons. The maximum absolute atomic E-state index is 10.1. The van der Waals surface area contributed by atoms with Gasteiger partial charge in [-0.25, -0.2) is 0 Å². The molecule has 0 bridgehead atoms. The first-order valence-corrected chi connectivity index (χ1v) is 8.93. The van der Waals surface area contributed by atoms with Gasteiger partial charge >= 0.3 is 0 Å². The largest absolute Gasteiger partial charge is 0.343 e. The minimum atomic E-state index is -2.52. The quantitative estimate of drug-likeness (QED) is 0.515. The Hall–Kier alpha value is -0.640. The minimum Gasteiger partial charge on any atom is -0.343 e. The molecule has 0 aliphatic heterocycles. The highest BCUT2D eigenvalue weighted by Gasteiger charge is 2.63. The van der Waals surface area contributed by atoms with Gasteiger partial charge in [-0.2, -0.15) is 0 Å². The van der Waals surface area contributed by atoms with Gasteiger partial charge in [0.15, 0.2) is 0 Å². The summed E-state index contributed by atoms with van der Waals surface area (Å²) in [4.78, 5) is 0. The Morgan fingerprint density at radius 2 is 1.95 bits per heavy atom. The molecule has 0 spiro atoms. The van der Waals surface area contributed by atoms with E-state index in [1.807, 2.05) is 0 Å². The lowest BCUT2D eigenvalue weighted by Gasteiger charge is -2.57. The molecule has 3 N–H and O–H groups in total. The first-order valence-electron chi connectivity index (χ1n) is 8.93. The molecule has 0 amide bonds. The van der Waals surface area contributed by atoms with Gasteiger partial charge in [0.2, 0.25) is 0 Å². The standard InChI is InChI=1S/C19H28O3/c1-17-10-3-2-5-13(17)7-8-14-15(17)9-12-18(19(20,21)22)11-4-6-16(14)18/h3,7,10,14-16,20-22H,2,4-6,8-9,11-12H2,1H3/t14-,15+,16+,17+,18-/m1/s1. The average molecular weight is 304 g/mol. The van der Waals surface area contributed by atoms with Gasteiger partial charge in [0.25, 0.3) is 5.97 Å². The summed E-state index contributed by atoms with van der Waals surface area (Å²) in [6.45, 7) is 2.37. The molecule has 2 fully saturated rings. The first-order chi connectivity index (χ1) is 10.4. The normalized spacial score (nSPS) is 47.5. The van der Waals surface area contributed by atoms with Gasteiger partial charge in [0.1, 0.15) is 0 Å². The second kappa shape index (κ2) is 4.68. The van der Waals surface area contributed by atoms with Gasteiger partial charge < -0.3 is 15.3 Å². The highest BCUT2D eigenvalue weighted by molar-refractivity contribution is 5.31. The van der Waals surface area contributed by atoms with Crippen LogP contribution in [0.3, 0.4) is 0 Å². The summed E-state index contributed by atoms with van der Waals surface area (Å²) in [5.41, 5.74) is 1.04. The van der Waals surface area contributed by atoms with E-state index in [0.29, 0.717) is 11.8 Å². The molecule has 4 aliphatic carbocycles. The van der Waals surface area contributed by atoms with Gasteiger partial charge in [0, 0.05) is 5.41 Å². The van der Waals surface area contributed by atoms with E-state index in [0.717, 1.165) is 44.9 Å². The molecule has 4 aliphatic rings. The van der Waals surface area contributed by atoms with E-state index in [9.17, 15) is 15.3 Å². The van der Waals surface area contributed by atoms with Gasteiger partial charge in [-0.15, -0.1) is 0 Å². The summed E-state index contributed by atoms with van der Waals surface area (Å²) in [6, 6.07) is 0. The molecule has 3 nitrogen and oxygen atoms in total. The number of rotatable bonds is 1. The van der Waals surface area contributed by atoms with Crippen LogP contribution in [0.4, 0.5) is 0 Å². The van der Waals surface area contributed by atoms with E-state index in [4.69, 9.17) is 0 Å². The molecule has 0 aromatic heterocycles. The van der Waals surface area contributed by atoms with Crippen molar-refractivity contribution in [3.8, 4) is 0 Å². The fourth-order valence-corrected chi connectivity index (χ4v) is 6.50. The van der Waals surface area contributed by atoms with Crippen molar-refractivity contribution in [3.63, 3.8) is 0 Å². The van der Waals surface area contributed by atoms with Crippen LogP contribution in [-0.2, 0) is 0 Å². The molecule has 0 unspecified atom stereocenters. The van der Waals surface area contributed by atoms with Gasteiger partial charge in [0.05, 0.1) is 5.41 Å². The molecule has 3 heteroatoms. The molecule has 0 radical (unpaired) electrons. The zero-order valence-corrected chi connectivity index (χ0v) is 13.5. The predicted molar refractivity (Wildman–Crippen MR) is 84.6 cm³/mol. The SMILES string of the molecule is C[C@]12C=CCCC1=CC[C@H]1[C@@H]3CCC[C@@]3(C(O)(O)O)CC[C@@H]12. The van der Waals surface area contributed by atoms with Crippen LogP contribution < -0.4 is 0 Å². The Labute approximate surface area is 132 Å². The highest BCUT2D eigenvalue weighted by atomic mass is 16.7. The number of allylic oxidation sites excluding steroid dienone is 4. The fourth-order valence-electron chi connectivity index (χ4n) is 6.50. The third-order valence-corrected chi connectivity index (χ3v) is 7.59. The van der Waals surface area contributed by atoms with Crippen molar-refractivity contribution in [2.75, 3.05) is 0 Å². The smallest absolute Gasteiger partial charge is 0.281 e. The maximum atomic E-state index is 10.1. The van der Waals surface area contributed by atoms with Gasteiger partial charge in [-0.3, -0.25) is 0 Å². The van der Waals surface area contributed by atoms with E-state index < -0.39 is 11.4 Å². The van der Waals surface area contributed by atoms with E-state index in [1.165, 1.54) is 6.42 Å². The zero-order chi connectivity index (χ0) is 15.6. The molecule has 2 saturated carbocycles. The van der Waals surface area contributed by atoms with Gasteiger partial charge in [-0.1, -0.05) is 37.1 Å². The van der Waals surface area contributed by atoms with Crippen LogP contribution in [0, 0.1) is 28.6 Å². The molecular formula is C19H28O3. The van der Waals surface area contributed by atoms with Crippen LogP contribution in [-0.4, -0.2) is 21.3 Å². The Morgan fingerprint density at radius 3 is 2.73 bits per heavy atom. The minimum absolute atomic E-state index is 0.152. The molecule has 0 aromatic rings. The lowest BCUT2D eigenvalue weighted by atomic mass is 9.48. The van der Waals surface area contributed by atoms with E-state index in [-0.39, 0.29) is 11.3 Å². The van der Waals surface area contributed by atoms with Crippen molar-refractivity contribution in [3.05, 3.63) is 23.8 Å². The zero-order valence-electron chi connectivity index (χ0n) is 13.5. The number of fused-ring (bicyclic) bond motifs is 5. The lowest BCUT2D eigenvalue weighted by Crippen LogP contribution is -2.57. The second-order valence-electron chi connectivity index (χ2n) is 8.29. The molecule has 0 aromatic carbocycles. The Kier molecular flexibility index (Phi) is 3.18. The third kappa shape index (κ3) is 1.79. The summed E-state index contributed by atoms with van der Waals surface area (Å²) in [6.07, 6.45) is 15.0. The number of aliphatic hydroxyl groups is 3. The number of hydrogen-bond acceptors (Lipinski definition) is 3. The van der Waals surface area contributed by atoms with E-state index >= 15 is 0 Å². The van der Waals surface area contributed by atoms with Crippen LogP contribution in [0.25, 0.3) is 0 Å². The van der Waals surface area contributed by atoms with Crippen LogP contribution >= 0.6 is 0 Å². The van der Waals surface area contributed by atoms with Crippen molar-refractivity contribution < 1.29 is 15.3 Å². The van der Waals surface area contributed by atoms with E-state index in [2.05, 4.69) is 25.2 Å². The maximum Gasteiger partial charge on any atom is 0.281 e. The molecule has 0 saturated heterocycles. The van der Waals surface area contributed by atoms with Crippen molar-refractivity contribution in [2.45, 2.75) is 64.3 Å². The van der Waals surface area contributed by atoms with Crippen molar-refractivity contribution in [1.29, 1.82) is 0 Å². The van der Waals surface area contributed by atoms with Crippen molar-refractivity contribution in [2.24, 2.45) is 28.6 Å². The van der Waals surface area contributed by atoms with Crippen LogP contribution in [0.2, 0.25) is 0 Å². The van der Waals surface area contributed by atoms with Crippen LogP contribution in [0.1, 0.15) is 58.3 Å². The molecule has 22 heavy (non-hydrogen) atoms. The second-order valence-corrected chi connectivity index (χ2v) is 8.29. The monoisotopic (exact) mass is 304 g/mol. The Morgan fingerprint density at radius 1 is 1.14 bits per heavy atom. The summed E-state index contributed by atoms with van der Waals surface area (Å²) in [5.74, 6) is -1.23.